The minimum Gasteiger partial charge on any atom is -0.373 e. The number of nitrogens with one attached hydrogen (secondary N) is 1. The molecule has 1 fully saturated rings. The maximum Gasteiger partial charge on any atom is 0.270 e. The Bertz CT molecular complexity index is 1050. The number of hydrogen-bond donors (Lipinski definition) is 1. The number of ether oxygens (including phenoxy) is 1. The van der Waals surface area contributed by atoms with E-state index in [1.807, 2.05) is 5.38 Å². The van der Waals surface area contributed by atoms with Gasteiger partial charge in [0.1, 0.15) is 11.2 Å². The lowest BCUT2D eigenvalue weighted by atomic mass is 10.2. The van der Waals surface area contributed by atoms with Crippen molar-refractivity contribution >= 4 is 28.0 Å². The van der Waals surface area contributed by atoms with Crippen molar-refractivity contribution in [3.8, 4) is 0 Å². The monoisotopic (exact) mass is 399 g/mol. The van der Waals surface area contributed by atoms with E-state index in [4.69, 9.17) is 4.74 Å². The molecule has 0 saturated carbocycles. The standard InChI is InChI=1S/C19H21N5O3S/c1-12-8-23(9-13(2)27-12)10-14-11-28-19(21-14)22-17(25)15-7-20-16-5-3-4-6-24(16)18(15)26/h3-7,11-13H,8-10H2,1-2H3,(H,21,22,25)/t12-,13-/m0/s1. The molecule has 0 bridgehead atoms. The third kappa shape index (κ3) is 3.96. The number of carbonyl (C=O) groups is 1. The highest BCUT2D eigenvalue weighted by Crippen LogP contribution is 2.19. The predicted octanol–water partition coefficient (Wildman–Crippen LogP) is 2.01. The lowest BCUT2D eigenvalue weighted by Gasteiger charge is -2.34. The van der Waals surface area contributed by atoms with E-state index in [2.05, 4.69) is 34.0 Å². The van der Waals surface area contributed by atoms with Crippen molar-refractivity contribution in [3.63, 3.8) is 0 Å². The number of nitrogens with zero attached hydrogens (tertiary/aromatic N) is 4. The fraction of sp³-hybridized carbons (Fsp3) is 0.368. The van der Waals surface area contributed by atoms with Crippen LogP contribution in [-0.2, 0) is 11.3 Å². The molecule has 1 saturated heterocycles. The van der Waals surface area contributed by atoms with Gasteiger partial charge in [-0.1, -0.05) is 6.07 Å². The smallest absolute Gasteiger partial charge is 0.270 e. The van der Waals surface area contributed by atoms with E-state index in [0.29, 0.717) is 17.3 Å². The number of thiazole rings is 1. The normalized spacial score (nSPS) is 20.4. The zero-order valence-corrected chi connectivity index (χ0v) is 16.5. The van der Waals surface area contributed by atoms with Crippen LogP contribution >= 0.6 is 11.3 Å². The fourth-order valence-corrected chi connectivity index (χ4v) is 4.12. The van der Waals surface area contributed by atoms with Crippen molar-refractivity contribution in [1.29, 1.82) is 0 Å². The highest BCUT2D eigenvalue weighted by Gasteiger charge is 2.23. The zero-order chi connectivity index (χ0) is 19.7. The summed E-state index contributed by atoms with van der Waals surface area (Å²) >= 11 is 1.34. The van der Waals surface area contributed by atoms with Crippen molar-refractivity contribution in [2.45, 2.75) is 32.6 Å². The Hall–Kier alpha value is -2.62. The number of anilines is 1. The summed E-state index contributed by atoms with van der Waals surface area (Å²) in [6.07, 6.45) is 3.27. The summed E-state index contributed by atoms with van der Waals surface area (Å²) in [5, 5.41) is 5.10. The molecule has 1 N–H and O–H groups in total. The Morgan fingerprint density at radius 2 is 2.11 bits per heavy atom. The Balaban J connectivity index is 1.46. The molecule has 28 heavy (non-hydrogen) atoms. The Morgan fingerprint density at radius 1 is 1.32 bits per heavy atom. The SMILES string of the molecule is C[C@H]1CN(Cc2csc(NC(=O)c3cnc4ccccn4c3=O)n2)C[C@H](C)O1. The summed E-state index contributed by atoms with van der Waals surface area (Å²) in [4.78, 5) is 36.0. The van der Waals surface area contributed by atoms with Gasteiger partial charge in [0, 0.05) is 37.4 Å². The molecule has 3 aromatic heterocycles. The minimum absolute atomic E-state index is 0.0173. The number of fused-ring (bicyclic) bond motifs is 1. The van der Waals surface area contributed by atoms with Gasteiger partial charge < -0.3 is 4.74 Å². The maximum atomic E-state index is 12.5. The van der Waals surface area contributed by atoms with Crippen LogP contribution in [0.4, 0.5) is 5.13 Å². The van der Waals surface area contributed by atoms with Gasteiger partial charge in [-0.05, 0) is 26.0 Å². The summed E-state index contributed by atoms with van der Waals surface area (Å²) < 4.78 is 7.10. The molecule has 0 aliphatic carbocycles. The molecular weight excluding hydrogens is 378 g/mol. The summed E-state index contributed by atoms with van der Waals surface area (Å²) in [6, 6.07) is 5.22. The molecule has 9 heteroatoms. The lowest BCUT2D eigenvalue weighted by Crippen LogP contribution is -2.44. The minimum atomic E-state index is -0.509. The van der Waals surface area contributed by atoms with Gasteiger partial charge in [0.05, 0.1) is 17.9 Å². The van der Waals surface area contributed by atoms with Crippen molar-refractivity contribution in [3.05, 3.63) is 57.6 Å². The highest BCUT2D eigenvalue weighted by atomic mass is 32.1. The quantitative estimate of drug-likeness (QED) is 0.722. The van der Waals surface area contributed by atoms with Gasteiger partial charge >= 0.3 is 0 Å². The fourth-order valence-electron chi connectivity index (χ4n) is 3.43. The van der Waals surface area contributed by atoms with Crippen LogP contribution in [0, 0.1) is 0 Å². The van der Waals surface area contributed by atoms with Crippen molar-refractivity contribution in [2.24, 2.45) is 0 Å². The average Bonchev–Trinajstić information content (AvgIpc) is 3.08. The number of carbonyl (C=O) groups excluding carboxylic acids is 1. The molecule has 4 heterocycles. The Kier molecular flexibility index (Phi) is 5.21. The van der Waals surface area contributed by atoms with Gasteiger partial charge in [0.2, 0.25) is 0 Å². The first-order chi connectivity index (χ1) is 13.5. The average molecular weight is 399 g/mol. The van der Waals surface area contributed by atoms with E-state index < -0.39 is 11.5 Å². The van der Waals surface area contributed by atoms with Crippen molar-refractivity contribution < 1.29 is 9.53 Å². The number of aromatic nitrogens is 3. The highest BCUT2D eigenvalue weighted by molar-refractivity contribution is 7.13. The first-order valence-electron chi connectivity index (χ1n) is 9.09. The predicted molar refractivity (Wildman–Crippen MR) is 107 cm³/mol. The summed E-state index contributed by atoms with van der Waals surface area (Å²) in [6.45, 7) is 6.52. The molecule has 1 amide bonds. The van der Waals surface area contributed by atoms with Crippen LogP contribution < -0.4 is 10.9 Å². The van der Waals surface area contributed by atoms with Crippen LogP contribution in [0.3, 0.4) is 0 Å². The molecule has 2 atom stereocenters. The van der Waals surface area contributed by atoms with Gasteiger partial charge in [0.25, 0.3) is 11.5 Å². The van der Waals surface area contributed by atoms with Gasteiger partial charge in [-0.2, -0.15) is 0 Å². The molecule has 0 unspecified atom stereocenters. The lowest BCUT2D eigenvalue weighted by molar-refractivity contribution is -0.0707. The number of hydrogen-bond acceptors (Lipinski definition) is 7. The van der Waals surface area contributed by atoms with E-state index in [0.717, 1.165) is 18.8 Å². The second-order valence-electron chi connectivity index (χ2n) is 6.96. The Morgan fingerprint density at radius 3 is 2.89 bits per heavy atom. The van der Waals surface area contributed by atoms with Crippen LogP contribution in [0.1, 0.15) is 29.9 Å². The van der Waals surface area contributed by atoms with Gasteiger partial charge in [-0.15, -0.1) is 11.3 Å². The first kappa shape index (κ1) is 18.7. The molecule has 0 aromatic carbocycles. The van der Waals surface area contributed by atoms with E-state index in [9.17, 15) is 9.59 Å². The summed E-state index contributed by atoms with van der Waals surface area (Å²) in [5.41, 5.74) is 0.956. The second kappa shape index (κ2) is 7.78. The topological polar surface area (TPSA) is 88.8 Å². The number of amides is 1. The third-order valence-electron chi connectivity index (χ3n) is 4.51. The van der Waals surface area contributed by atoms with Crippen LogP contribution in [0.25, 0.3) is 5.65 Å². The molecule has 0 spiro atoms. The molecule has 8 nitrogen and oxygen atoms in total. The molecule has 1 aliphatic heterocycles. The van der Waals surface area contributed by atoms with Crippen molar-refractivity contribution in [1.82, 2.24) is 19.3 Å². The van der Waals surface area contributed by atoms with Crippen LogP contribution in [0.5, 0.6) is 0 Å². The second-order valence-corrected chi connectivity index (χ2v) is 7.81. The maximum absolute atomic E-state index is 12.5. The summed E-state index contributed by atoms with van der Waals surface area (Å²) in [7, 11) is 0. The van der Waals surface area contributed by atoms with Crippen LogP contribution in [-0.4, -0.2) is 50.5 Å². The van der Waals surface area contributed by atoms with E-state index in [-0.39, 0.29) is 17.8 Å². The molecular formula is C19H21N5O3S. The van der Waals surface area contributed by atoms with E-state index in [1.54, 1.807) is 24.4 Å². The molecule has 3 aromatic rings. The molecule has 4 rings (SSSR count). The number of rotatable bonds is 4. The number of morpholine rings is 1. The largest absolute Gasteiger partial charge is 0.373 e. The van der Waals surface area contributed by atoms with E-state index >= 15 is 0 Å². The zero-order valence-electron chi connectivity index (χ0n) is 15.7. The van der Waals surface area contributed by atoms with E-state index in [1.165, 1.54) is 21.9 Å². The third-order valence-corrected chi connectivity index (χ3v) is 5.32. The van der Waals surface area contributed by atoms with Gasteiger partial charge in [-0.3, -0.25) is 24.2 Å². The van der Waals surface area contributed by atoms with Crippen LogP contribution in [0.15, 0.2) is 40.8 Å². The number of pyridine rings is 1. The van der Waals surface area contributed by atoms with Gasteiger partial charge in [0.15, 0.2) is 5.13 Å². The summed E-state index contributed by atoms with van der Waals surface area (Å²) in [5.74, 6) is -0.509. The van der Waals surface area contributed by atoms with Crippen molar-refractivity contribution in [2.75, 3.05) is 18.4 Å². The molecule has 1 aliphatic rings. The molecule has 0 radical (unpaired) electrons. The van der Waals surface area contributed by atoms with Crippen LogP contribution in [0.2, 0.25) is 0 Å². The Labute approximate surface area is 165 Å². The first-order valence-corrected chi connectivity index (χ1v) is 9.97. The molecule has 146 valence electrons. The van der Waals surface area contributed by atoms with Gasteiger partial charge in [-0.25, -0.2) is 9.97 Å².